The van der Waals surface area contributed by atoms with Gasteiger partial charge in [-0.3, -0.25) is 4.79 Å². The van der Waals surface area contributed by atoms with Crippen LogP contribution in [0.5, 0.6) is 0 Å². The number of carbonyl (C=O) groups is 1. The molecule has 1 aliphatic rings. The van der Waals surface area contributed by atoms with Gasteiger partial charge in [-0.1, -0.05) is 37.5 Å². The molecule has 0 bridgehead atoms. The summed E-state index contributed by atoms with van der Waals surface area (Å²) in [6, 6.07) is 7.57. The molecule has 1 aromatic carbocycles. The van der Waals surface area contributed by atoms with Crippen LogP contribution in [0.3, 0.4) is 0 Å². The Kier molecular flexibility index (Phi) is 2.94. The third-order valence-corrected chi connectivity index (χ3v) is 4.07. The van der Waals surface area contributed by atoms with E-state index in [0.29, 0.717) is 12.8 Å². The van der Waals surface area contributed by atoms with E-state index < -0.39 is 5.60 Å². The van der Waals surface area contributed by atoms with Crippen molar-refractivity contribution in [3.63, 3.8) is 0 Å². The van der Waals surface area contributed by atoms with E-state index in [9.17, 15) is 9.90 Å². The van der Waals surface area contributed by atoms with Gasteiger partial charge in [-0.15, -0.1) is 0 Å². The van der Waals surface area contributed by atoms with E-state index in [2.05, 4.69) is 0 Å². The Hall–Kier alpha value is -1.61. The number of para-hydroxylation sites is 1. The van der Waals surface area contributed by atoms with Gasteiger partial charge < -0.3 is 9.52 Å². The molecule has 0 aliphatic heterocycles. The number of hydrogen-bond donors (Lipinski definition) is 1. The van der Waals surface area contributed by atoms with Crippen LogP contribution in [-0.2, 0) is 0 Å². The van der Waals surface area contributed by atoms with Crippen LogP contribution in [0.15, 0.2) is 28.7 Å². The highest BCUT2D eigenvalue weighted by molar-refractivity contribution is 6.03. The number of benzene rings is 1. The molecule has 0 spiro atoms. The Balaban J connectivity index is 1.99. The van der Waals surface area contributed by atoms with Crippen LogP contribution in [0.1, 0.15) is 48.2 Å². The van der Waals surface area contributed by atoms with E-state index in [0.717, 1.165) is 35.8 Å². The normalized spacial score (nSPS) is 18.6. The van der Waals surface area contributed by atoms with Crippen LogP contribution < -0.4 is 0 Å². The zero-order valence-corrected chi connectivity index (χ0v) is 11.1. The average molecular weight is 258 g/mol. The van der Waals surface area contributed by atoms with Gasteiger partial charge in [0.2, 0.25) is 5.78 Å². The molecule has 1 aliphatic carbocycles. The number of hydrogen-bond acceptors (Lipinski definition) is 3. The second kappa shape index (κ2) is 4.49. The monoisotopic (exact) mass is 258 g/mol. The highest BCUT2D eigenvalue weighted by atomic mass is 16.4. The van der Waals surface area contributed by atoms with Crippen molar-refractivity contribution in [2.75, 3.05) is 0 Å². The van der Waals surface area contributed by atoms with Gasteiger partial charge in [-0.2, -0.15) is 0 Å². The summed E-state index contributed by atoms with van der Waals surface area (Å²) in [6.45, 7) is 1.95. The lowest BCUT2D eigenvalue weighted by molar-refractivity contribution is 0.00944. The molecule has 2 aromatic rings. The molecule has 3 heteroatoms. The van der Waals surface area contributed by atoms with Crippen LogP contribution in [0.25, 0.3) is 11.0 Å². The van der Waals surface area contributed by atoms with E-state index in [-0.39, 0.29) is 11.5 Å². The van der Waals surface area contributed by atoms with E-state index >= 15 is 0 Å². The van der Waals surface area contributed by atoms with Gasteiger partial charge in [0.1, 0.15) is 11.2 Å². The maximum Gasteiger partial charge on any atom is 0.229 e. The molecule has 0 unspecified atom stereocenters. The smallest absolute Gasteiger partial charge is 0.229 e. The number of ketones is 1. The number of Topliss-reactive ketones (excluding diaryl/α,β-unsaturated/α-hetero) is 1. The summed E-state index contributed by atoms with van der Waals surface area (Å²) in [5.74, 6) is 0.0245. The molecular formula is C16H18O3. The fraction of sp³-hybridized carbons (Fsp3) is 0.438. The molecule has 100 valence electrons. The molecule has 19 heavy (non-hydrogen) atoms. The maximum absolute atomic E-state index is 12.5. The fourth-order valence-corrected chi connectivity index (χ4v) is 2.91. The van der Waals surface area contributed by atoms with Crippen molar-refractivity contribution in [1.82, 2.24) is 0 Å². The molecule has 1 saturated carbocycles. The Morgan fingerprint density at radius 3 is 2.68 bits per heavy atom. The van der Waals surface area contributed by atoms with Gasteiger partial charge in [0.15, 0.2) is 5.76 Å². The molecule has 1 heterocycles. The van der Waals surface area contributed by atoms with Crippen LogP contribution in [0, 0.1) is 6.92 Å². The number of carbonyl (C=O) groups excluding carboxylic acids is 1. The van der Waals surface area contributed by atoms with Gasteiger partial charge in [-0.25, -0.2) is 0 Å². The summed E-state index contributed by atoms with van der Waals surface area (Å²) >= 11 is 0. The lowest BCUT2D eigenvalue weighted by atomic mass is 9.81. The minimum atomic E-state index is -1.22. The first kappa shape index (κ1) is 12.4. The third-order valence-electron chi connectivity index (χ3n) is 4.07. The topological polar surface area (TPSA) is 50.4 Å². The predicted molar refractivity (Wildman–Crippen MR) is 73.3 cm³/mol. The number of aryl methyl sites for hydroxylation is 1. The molecule has 0 amide bonds. The summed E-state index contributed by atoms with van der Waals surface area (Å²) in [5, 5.41) is 11.4. The third kappa shape index (κ3) is 2.08. The fourth-order valence-electron chi connectivity index (χ4n) is 2.91. The number of aliphatic hydroxyl groups is 1. The zero-order valence-electron chi connectivity index (χ0n) is 11.1. The lowest BCUT2D eigenvalue weighted by Gasteiger charge is -2.29. The summed E-state index contributed by atoms with van der Waals surface area (Å²) in [4.78, 5) is 12.5. The van der Waals surface area contributed by atoms with Crippen LogP contribution in [0.2, 0.25) is 0 Å². The molecule has 1 fully saturated rings. The number of fused-ring (bicyclic) bond motifs is 1. The first-order chi connectivity index (χ1) is 9.10. The molecule has 0 radical (unpaired) electrons. The van der Waals surface area contributed by atoms with Crippen LogP contribution in [-0.4, -0.2) is 16.5 Å². The average Bonchev–Trinajstić information content (AvgIpc) is 2.84. The summed E-state index contributed by atoms with van der Waals surface area (Å²) in [6.07, 6.45) is 3.99. The summed E-state index contributed by atoms with van der Waals surface area (Å²) < 4.78 is 5.67. The molecule has 1 aromatic heterocycles. The van der Waals surface area contributed by atoms with Crippen LogP contribution in [0.4, 0.5) is 0 Å². The maximum atomic E-state index is 12.5. The second-order valence-corrected chi connectivity index (χ2v) is 5.53. The lowest BCUT2D eigenvalue weighted by Crippen LogP contribution is -2.40. The quantitative estimate of drug-likeness (QED) is 0.837. The van der Waals surface area contributed by atoms with Crippen molar-refractivity contribution in [1.29, 1.82) is 0 Å². The minimum Gasteiger partial charge on any atom is -0.453 e. The largest absolute Gasteiger partial charge is 0.453 e. The first-order valence-corrected chi connectivity index (χ1v) is 6.86. The van der Waals surface area contributed by atoms with Crippen molar-refractivity contribution in [3.05, 3.63) is 35.6 Å². The van der Waals surface area contributed by atoms with E-state index in [1.165, 1.54) is 0 Å². The Labute approximate surface area is 112 Å². The van der Waals surface area contributed by atoms with E-state index in [1.54, 1.807) is 6.07 Å². The van der Waals surface area contributed by atoms with E-state index in [1.807, 2.05) is 25.1 Å². The molecule has 1 N–H and O–H groups in total. The molecule has 0 atom stereocenters. The number of rotatable bonds is 2. The van der Waals surface area contributed by atoms with Crippen molar-refractivity contribution < 1.29 is 14.3 Å². The van der Waals surface area contributed by atoms with Crippen molar-refractivity contribution in [2.45, 2.75) is 44.6 Å². The number of furan rings is 1. The van der Waals surface area contributed by atoms with Gasteiger partial charge >= 0.3 is 0 Å². The van der Waals surface area contributed by atoms with Crippen molar-refractivity contribution >= 4 is 16.8 Å². The van der Waals surface area contributed by atoms with Gasteiger partial charge in [0.05, 0.1) is 0 Å². The zero-order chi connectivity index (χ0) is 13.5. The highest BCUT2D eigenvalue weighted by Crippen LogP contribution is 2.33. The molecule has 3 nitrogen and oxygen atoms in total. The summed E-state index contributed by atoms with van der Waals surface area (Å²) in [7, 11) is 0. The standard InChI is InChI=1S/C16H18O3/c1-11-6-5-7-12-10-13(19-14(11)12)15(17)16(18)8-3-2-4-9-16/h5-7,10,18H,2-4,8-9H2,1H3. The molecule has 0 saturated heterocycles. The predicted octanol–water partition coefficient (Wildman–Crippen LogP) is 3.62. The molecular weight excluding hydrogens is 240 g/mol. The molecule has 3 rings (SSSR count). The highest BCUT2D eigenvalue weighted by Gasteiger charge is 2.39. The SMILES string of the molecule is Cc1cccc2cc(C(=O)C3(O)CCCCC3)oc12. The van der Waals surface area contributed by atoms with Crippen molar-refractivity contribution in [2.24, 2.45) is 0 Å². The van der Waals surface area contributed by atoms with E-state index in [4.69, 9.17) is 4.42 Å². The summed E-state index contributed by atoms with van der Waals surface area (Å²) in [5.41, 5.74) is 0.525. The van der Waals surface area contributed by atoms with Crippen molar-refractivity contribution in [3.8, 4) is 0 Å². The van der Waals surface area contributed by atoms with Gasteiger partial charge in [0, 0.05) is 5.39 Å². The van der Waals surface area contributed by atoms with Crippen LogP contribution >= 0.6 is 0 Å². The minimum absolute atomic E-state index is 0.261. The second-order valence-electron chi connectivity index (χ2n) is 5.53. The first-order valence-electron chi connectivity index (χ1n) is 6.86. The van der Waals surface area contributed by atoms with Gasteiger partial charge in [0.25, 0.3) is 0 Å². The Bertz CT molecular complexity index is 618. The van der Waals surface area contributed by atoms with Gasteiger partial charge in [-0.05, 0) is 31.4 Å². The Morgan fingerprint density at radius 2 is 2.00 bits per heavy atom. The Morgan fingerprint density at radius 1 is 1.26 bits per heavy atom.